The molecule has 3 atom stereocenters. The van der Waals surface area contributed by atoms with Crippen molar-refractivity contribution >= 4 is 29.1 Å². The van der Waals surface area contributed by atoms with E-state index in [1.54, 1.807) is 0 Å². The monoisotopic (exact) mass is 304 g/mol. The number of halogens is 1. The van der Waals surface area contributed by atoms with E-state index in [0.717, 1.165) is 0 Å². The maximum Gasteiger partial charge on any atom is 0.162 e. The van der Waals surface area contributed by atoms with Crippen LogP contribution in [-0.4, -0.2) is 71.6 Å². The van der Waals surface area contributed by atoms with E-state index in [-0.39, 0.29) is 6.29 Å². The summed E-state index contributed by atoms with van der Waals surface area (Å²) in [6, 6.07) is 0. The molecule has 0 unspecified atom stereocenters. The van der Waals surface area contributed by atoms with Gasteiger partial charge in [-0.25, -0.2) is 15.0 Å². The molecule has 0 aliphatic heterocycles. The Balaban J connectivity index is 0.000000200. The summed E-state index contributed by atoms with van der Waals surface area (Å²) >= 11 is 5.66. The highest BCUT2D eigenvalue weighted by atomic mass is 35.5. The van der Waals surface area contributed by atoms with Gasteiger partial charge in [0.25, 0.3) is 0 Å². The van der Waals surface area contributed by atoms with Crippen molar-refractivity contribution < 1.29 is 25.2 Å². The number of hydrogen-bond acceptors (Lipinski definition) is 8. The number of nitrogens with zero attached hydrogens (tertiary/aromatic N) is 3. The second-order valence-electron chi connectivity index (χ2n) is 3.63. The molecule has 2 rings (SSSR count). The number of nitrogens with one attached hydrogen (secondary N) is 1. The lowest BCUT2D eigenvalue weighted by Crippen LogP contribution is -2.40. The molecule has 0 spiro atoms. The van der Waals surface area contributed by atoms with Gasteiger partial charge in [0.05, 0.1) is 12.9 Å². The second kappa shape index (κ2) is 7.82. The van der Waals surface area contributed by atoms with Crippen LogP contribution in [0.2, 0.25) is 5.15 Å². The van der Waals surface area contributed by atoms with Crippen molar-refractivity contribution in [3.63, 3.8) is 0 Å². The van der Waals surface area contributed by atoms with Gasteiger partial charge < -0.3 is 30.2 Å². The second-order valence-corrected chi connectivity index (χ2v) is 3.99. The Labute approximate surface area is 117 Å². The van der Waals surface area contributed by atoms with Crippen LogP contribution >= 0.6 is 11.6 Å². The first-order chi connectivity index (χ1) is 9.51. The van der Waals surface area contributed by atoms with Crippen LogP contribution in [0.5, 0.6) is 0 Å². The number of rotatable bonds is 4. The van der Waals surface area contributed by atoms with E-state index >= 15 is 0 Å². The van der Waals surface area contributed by atoms with Crippen LogP contribution in [0.4, 0.5) is 0 Å². The molecule has 0 aromatic carbocycles. The van der Waals surface area contributed by atoms with Gasteiger partial charge in [-0.3, -0.25) is 0 Å². The van der Waals surface area contributed by atoms with Gasteiger partial charge in [0, 0.05) is 0 Å². The lowest BCUT2D eigenvalue weighted by molar-refractivity contribution is -0.127. The first-order valence-electron chi connectivity index (χ1n) is 5.41. The van der Waals surface area contributed by atoms with Crippen molar-refractivity contribution in [2.75, 3.05) is 6.61 Å². The first-order valence-corrected chi connectivity index (χ1v) is 5.79. The van der Waals surface area contributed by atoms with Crippen molar-refractivity contribution in [2.24, 2.45) is 0 Å². The number of carbonyl (C=O) groups is 1. The highest BCUT2D eigenvalue weighted by Gasteiger charge is 2.22. The minimum atomic E-state index is -1.64. The van der Waals surface area contributed by atoms with E-state index in [2.05, 4.69) is 19.9 Å². The molecule has 2 heterocycles. The predicted molar refractivity (Wildman–Crippen MR) is 67.9 cm³/mol. The standard InChI is InChI=1S/C5H3ClN4.C5H10O5/c6-4-3-5(9-1-7-3)10-2-8-4;6-1-3(8)5(10)4(9)2-7/h1-2H,(H,7,8,9,10);1,3-5,7-10H,2H2/t;3-,4+,5-/m.0/s1. The Morgan fingerprint density at radius 3 is 2.55 bits per heavy atom. The topological polar surface area (TPSA) is 152 Å². The third kappa shape index (κ3) is 4.18. The number of aliphatic hydroxyl groups excluding tert-OH is 4. The average molecular weight is 305 g/mol. The Kier molecular flexibility index (Phi) is 6.42. The first kappa shape index (κ1) is 16.4. The van der Waals surface area contributed by atoms with Gasteiger partial charge in [0.2, 0.25) is 0 Å². The Morgan fingerprint density at radius 2 is 2.00 bits per heavy atom. The lowest BCUT2D eigenvalue weighted by Gasteiger charge is -2.16. The molecule has 0 fully saturated rings. The van der Waals surface area contributed by atoms with Crippen molar-refractivity contribution in [2.45, 2.75) is 18.3 Å². The molecule has 0 saturated carbocycles. The minimum Gasteiger partial charge on any atom is -0.394 e. The van der Waals surface area contributed by atoms with Gasteiger partial charge in [0.1, 0.15) is 30.2 Å². The van der Waals surface area contributed by atoms with Crippen LogP contribution in [-0.2, 0) is 4.79 Å². The molecule has 10 heteroatoms. The number of H-pyrrole nitrogens is 1. The van der Waals surface area contributed by atoms with E-state index in [1.165, 1.54) is 12.7 Å². The Morgan fingerprint density at radius 1 is 1.30 bits per heavy atom. The molecule has 110 valence electrons. The summed E-state index contributed by atoms with van der Waals surface area (Å²) in [6.45, 7) is -0.688. The van der Waals surface area contributed by atoms with Crippen molar-refractivity contribution in [3.8, 4) is 0 Å². The summed E-state index contributed by atoms with van der Waals surface area (Å²) in [4.78, 5) is 24.1. The van der Waals surface area contributed by atoms with E-state index in [0.29, 0.717) is 16.3 Å². The van der Waals surface area contributed by atoms with Crippen LogP contribution < -0.4 is 0 Å². The smallest absolute Gasteiger partial charge is 0.162 e. The van der Waals surface area contributed by atoms with Crippen molar-refractivity contribution in [3.05, 3.63) is 17.8 Å². The zero-order chi connectivity index (χ0) is 15.1. The number of aliphatic hydroxyl groups is 4. The fraction of sp³-hybridized carbons (Fsp3) is 0.400. The molecule has 0 aliphatic carbocycles. The zero-order valence-electron chi connectivity index (χ0n) is 10.1. The number of hydrogen-bond donors (Lipinski definition) is 5. The number of aldehydes is 1. The number of aromatic amines is 1. The number of carbonyl (C=O) groups excluding carboxylic acids is 1. The molecule has 0 saturated heterocycles. The quantitative estimate of drug-likeness (QED) is 0.330. The normalized spacial score (nSPS) is 15.1. The molecule has 5 N–H and O–H groups in total. The molecule has 0 aliphatic rings. The highest BCUT2D eigenvalue weighted by molar-refractivity contribution is 6.33. The molecule has 0 amide bonds. The molecule has 0 bridgehead atoms. The summed E-state index contributed by atoms with van der Waals surface area (Å²) in [6.07, 6.45) is -1.71. The zero-order valence-corrected chi connectivity index (χ0v) is 10.8. The molecule has 20 heavy (non-hydrogen) atoms. The van der Waals surface area contributed by atoms with Gasteiger partial charge in [-0.05, 0) is 0 Å². The van der Waals surface area contributed by atoms with Gasteiger partial charge >= 0.3 is 0 Å². The Bertz CT molecular complexity index is 551. The van der Waals surface area contributed by atoms with Crippen LogP contribution in [0.1, 0.15) is 0 Å². The van der Waals surface area contributed by atoms with Crippen LogP contribution in [0.15, 0.2) is 12.7 Å². The number of aromatic nitrogens is 4. The van der Waals surface area contributed by atoms with E-state index in [4.69, 9.17) is 32.0 Å². The van der Waals surface area contributed by atoms with Crippen LogP contribution in [0.25, 0.3) is 11.2 Å². The highest BCUT2D eigenvalue weighted by Crippen LogP contribution is 2.13. The summed E-state index contributed by atoms with van der Waals surface area (Å²) in [5.74, 6) is 0. The van der Waals surface area contributed by atoms with Gasteiger partial charge in [0.15, 0.2) is 17.1 Å². The maximum absolute atomic E-state index is 9.76. The largest absolute Gasteiger partial charge is 0.394 e. The minimum absolute atomic E-state index is 0.0869. The van der Waals surface area contributed by atoms with Crippen molar-refractivity contribution in [1.82, 2.24) is 19.9 Å². The molecule has 9 nitrogen and oxygen atoms in total. The van der Waals surface area contributed by atoms with Crippen LogP contribution in [0.3, 0.4) is 0 Å². The van der Waals surface area contributed by atoms with Crippen molar-refractivity contribution in [1.29, 1.82) is 0 Å². The van der Waals surface area contributed by atoms with Gasteiger partial charge in [-0.15, -0.1) is 0 Å². The van der Waals surface area contributed by atoms with E-state index in [9.17, 15) is 4.79 Å². The number of imidazole rings is 1. The van der Waals surface area contributed by atoms with E-state index < -0.39 is 24.9 Å². The van der Waals surface area contributed by atoms with Gasteiger partial charge in [-0.1, -0.05) is 11.6 Å². The van der Waals surface area contributed by atoms with Gasteiger partial charge in [-0.2, -0.15) is 0 Å². The maximum atomic E-state index is 9.76. The molecule has 0 radical (unpaired) electrons. The van der Waals surface area contributed by atoms with E-state index in [1.807, 2.05) is 0 Å². The molecule has 2 aromatic rings. The summed E-state index contributed by atoms with van der Waals surface area (Å²) in [7, 11) is 0. The molecular formula is C10H13ClN4O5. The summed E-state index contributed by atoms with van der Waals surface area (Å²) in [5, 5.41) is 34.4. The fourth-order valence-electron chi connectivity index (χ4n) is 1.15. The number of fused-ring (bicyclic) bond motifs is 1. The molecule has 2 aromatic heterocycles. The molecular weight excluding hydrogens is 292 g/mol. The third-order valence-corrected chi connectivity index (χ3v) is 2.52. The average Bonchev–Trinajstić information content (AvgIpc) is 2.95. The van der Waals surface area contributed by atoms with Crippen LogP contribution in [0, 0.1) is 0 Å². The Hall–Kier alpha value is -1.65. The summed E-state index contributed by atoms with van der Waals surface area (Å²) < 4.78 is 0. The lowest BCUT2D eigenvalue weighted by atomic mass is 10.1. The third-order valence-electron chi connectivity index (χ3n) is 2.24. The fourth-order valence-corrected chi connectivity index (χ4v) is 1.33. The SMILES string of the molecule is Clc1ncnc2[nH]cnc12.O=C[C@H](O)[C@H](O)[C@H](O)CO. The predicted octanol–water partition coefficient (Wildman–Crippen LogP) is -1.73. The summed E-state index contributed by atoms with van der Waals surface area (Å²) in [5.41, 5.74) is 1.28.